The molecule has 0 aliphatic heterocycles. The van der Waals surface area contributed by atoms with E-state index in [-0.39, 0.29) is 16.8 Å². The second-order valence-electron chi connectivity index (χ2n) is 2.29. The predicted molar refractivity (Wildman–Crippen MR) is 45.4 cm³/mol. The molecule has 2 heterocycles. The van der Waals surface area contributed by atoms with Gasteiger partial charge >= 0.3 is 5.35 Å². The highest BCUT2D eigenvalue weighted by Crippen LogP contribution is 2.15. The Bertz CT molecular complexity index is 476. The second kappa shape index (κ2) is 3.02. The Hall–Kier alpha value is -1.62. The first-order valence-corrected chi connectivity index (χ1v) is 3.82. The maximum atomic E-state index is 10.9. The Morgan fingerprint density at radius 2 is 2.23 bits per heavy atom. The summed E-state index contributed by atoms with van der Waals surface area (Å²) in [6.45, 7) is 0. The van der Waals surface area contributed by atoms with E-state index in [9.17, 15) is 4.79 Å². The van der Waals surface area contributed by atoms with E-state index >= 15 is 0 Å². The highest BCUT2D eigenvalue weighted by Gasteiger charge is 2.06. The van der Waals surface area contributed by atoms with Gasteiger partial charge in [0.25, 0.3) is 5.89 Å². The van der Waals surface area contributed by atoms with Gasteiger partial charge < -0.3 is 9.40 Å². The molecule has 0 fully saturated rings. The monoisotopic (exact) mass is 197 g/mol. The first kappa shape index (κ1) is 8.00. The summed E-state index contributed by atoms with van der Waals surface area (Å²) in [5.41, 5.74) is 0.221. The Morgan fingerprint density at radius 1 is 1.38 bits per heavy atom. The largest absolute Gasteiger partial charge is 0.406 e. The quantitative estimate of drug-likeness (QED) is 0.743. The van der Waals surface area contributed by atoms with Crippen molar-refractivity contribution in [3.63, 3.8) is 0 Å². The molecule has 6 heteroatoms. The number of pyridine rings is 1. The molecule has 0 spiro atoms. The van der Waals surface area contributed by atoms with Gasteiger partial charge in [-0.05, 0) is 17.7 Å². The molecule has 5 nitrogen and oxygen atoms in total. The van der Waals surface area contributed by atoms with Crippen LogP contribution < -0.4 is 5.56 Å². The van der Waals surface area contributed by atoms with E-state index in [0.717, 1.165) is 0 Å². The molecule has 0 aromatic carbocycles. The van der Waals surface area contributed by atoms with Crippen LogP contribution in [-0.4, -0.2) is 15.2 Å². The van der Waals surface area contributed by atoms with Gasteiger partial charge in [-0.15, -0.1) is 5.10 Å². The van der Waals surface area contributed by atoms with Crippen LogP contribution in [0.15, 0.2) is 27.4 Å². The molecule has 0 saturated heterocycles. The average Bonchev–Trinajstić information content (AvgIpc) is 2.52. The van der Waals surface area contributed by atoms with Gasteiger partial charge in [0, 0.05) is 6.07 Å². The van der Waals surface area contributed by atoms with Crippen LogP contribution in [0, 0.1) is 0 Å². The minimum atomic E-state index is -0.230. The van der Waals surface area contributed by atoms with Crippen LogP contribution in [0.1, 0.15) is 0 Å². The molecule has 0 atom stereocenters. The van der Waals surface area contributed by atoms with Gasteiger partial charge in [0.05, 0.1) is 0 Å². The van der Waals surface area contributed by atoms with Crippen LogP contribution in [-0.2, 0) is 0 Å². The van der Waals surface area contributed by atoms with E-state index in [1.165, 1.54) is 6.07 Å². The van der Waals surface area contributed by atoms with Crippen LogP contribution in [0.2, 0.25) is 5.35 Å². The first-order valence-electron chi connectivity index (χ1n) is 3.44. The number of hydrogen-bond acceptors (Lipinski definition) is 4. The van der Waals surface area contributed by atoms with Gasteiger partial charge in [0.2, 0.25) is 5.56 Å². The summed E-state index contributed by atoms with van der Waals surface area (Å²) in [6.07, 6.45) is 0. The highest BCUT2D eigenvalue weighted by molar-refractivity contribution is 6.27. The Balaban J connectivity index is 2.52. The molecular formula is C7H4ClN3O2. The molecule has 0 unspecified atom stereocenters. The zero-order valence-electron chi connectivity index (χ0n) is 6.32. The Labute approximate surface area is 77.4 Å². The molecule has 0 bridgehead atoms. The zero-order chi connectivity index (χ0) is 9.26. The van der Waals surface area contributed by atoms with Gasteiger partial charge in [-0.2, -0.15) is 0 Å². The lowest BCUT2D eigenvalue weighted by atomic mass is 10.3. The number of nitrogens with zero attached hydrogens (tertiary/aromatic N) is 2. The van der Waals surface area contributed by atoms with Crippen LogP contribution >= 0.6 is 11.6 Å². The lowest BCUT2D eigenvalue weighted by molar-refractivity contribution is 0.568. The van der Waals surface area contributed by atoms with E-state index in [0.29, 0.717) is 5.69 Å². The van der Waals surface area contributed by atoms with Crippen molar-refractivity contribution < 1.29 is 4.42 Å². The van der Waals surface area contributed by atoms with E-state index < -0.39 is 0 Å². The van der Waals surface area contributed by atoms with Crippen molar-refractivity contribution in [1.29, 1.82) is 0 Å². The fourth-order valence-corrected chi connectivity index (χ4v) is 0.998. The first-order chi connectivity index (χ1) is 6.25. The lowest BCUT2D eigenvalue weighted by Crippen LogP contribution is -2.03. The van der Waals surface area contributed by atoms with Crippen LogP contribution in [0.5, 0.6) is 0 Å². The van der Waals surface area contributed by atoms with Gasteiger partial charge in [-0.25, -0.2) is 0 Å². The summed E-state index contributed by atoms with van der Waals surface area (Å²) >= 11 is 5.42. The third-order valence-corrected chi connectivity index (χ3v) is 1.55. The third kappa shape index (κ3) is 1.59. The molecule has 1 N–H and O–H groups in total. The van der Waals surface area contributed by atoms with Crippen molar-refractivity contribution in [3.05, 3.63) is 33.9 Å². The maximum absolute atomic E-state index is 10.9. The van der Waals surface area contributed by atoms with Gasteiger partial charge in [-0.3, -0.25) is 4.79 Å². The van der Waals surface area contributed by atoms with E-state index in [1.54, 1.807) is 12.1 Å². The molecule has 66 valence electrons. The Kier molecular flexibility index (Phi) is 1.86. The second-order valence-corrected chi connectivity index (χ2v) is 2.61. The van der Waals surface area contributed by atoms with Crippen LogP contribution in [0.4, 0.5) is 0 Å². The number of aromatic amines is 1. The van der Waals surface area contributed by atoms with Crippen molar-refractivity contribution in [2.45, 2.75) is 0 Å². The SMILES string of the molecule is O=c1cccc(-c2nnc(Cl)o2)[nH]1. The molecule has 0 saturated carbocycles. The molecule has 0 radical (unpaired) electrons. The minimum Gasteiger partial charge on any atom is -0.406 e. The molecule has 13 heavy (non-hydrogen) atoms. The van der Waals surface area contributed by atoms with E-state index in [2.05, 4.69) is 15.2 Å². The smallest absolute Gasteiger partial charge is 0.313 e. The topological polar surface area (TPSA) is 71.8 Å². The number of H-pyrrole nitrogens is 1. The fraction of sp³-hybridized carbons (Fsp3) is 0. The van der Waals surface area contributed by atoms with Crippen molar-refractivity contribution in [2.24, 2.45) is 0 Å². The van der Waals surface area contributed by atoms with E-state index in [1.807, 2.05) is 0 Å². The lowest BCUT2D eigenvalue weighted by Gasteiger charge is -1.90. The standard InChI is InChI=1S/C7H4ClN3O2/c8-7-11-10-6(13-7)4-2-1-3-5(12)9-4/h1-3H,(H,9,12). The van der Waals surface area contributed by atoms with Crippen LogP contribution in [0.3, 0.4) is 0 Å². The van der Waals surface area contributed by atoms with Gasteiger partial charge in [0.1, 0.15) is 5.69 Å². The van der Waals surface area contributed by atoms with Crippen LogP contribution in [0.25, 0.3) is 11.6 Å². The molecule has 0 aliphatic rings. The fourth-order valence-electron chi connectivity index (χ4n) is 0.887. The predicted octanol–water partition coefficient (Wildman–Crippen LogP) is 1.08. The summed E-state index contributed by atoms with van der Waals surface area (Å²) in [5.74, 6) is 0.197. The van der Waals surface area contributed by atoms with Crippen molar-refractivity contribution in [3.8, 4) is 11.6 Å². The van der Waals surface area contributed by atoms with E-state index in [4.69, 9.17) is 16.0 Å². The third-order valence-electron chi connectivity index (χ3n) is 1.40. The normalized spacial score (nSPS) is 10.2. The minimum absolute atomic E-state index is 0.0558. The summed E-state index contributed by atoms with van der Waals surface area (Å²) in [6, 6.07) is 4.62. The summed E-state index contributed by atoms with van der Waals surface area (Å²) in [7, 11) is 0. The number of halogens is 1. The molecule has 0 amide bonds. The zero-order valence-corrected chi connectivity index (χ0v) is 7.08. The number of rotatable bonds is 1. The highest BCUT2D eigenvalue weighted by atomic mass is 35.5. The molecule has 2 aromatic rings. The molecule has 0 aliphatic carbocycles. The summed E-state index contributed by atoms with van der Waals surface area (Å²) in [4.78, 5) is 13.4. The number of aromatic nitrogens is 3. The van der Waals surface area contributed by atoms with Crippen molar-refractivity contribution >= 4 is 11.6 Å². The maximum Gasteiger partial charge on any atom is 0.313 e. The van der Waals surface area contributed by atoms with Crippen molar-refractivity contribution in [2.75, 3.05) is 0 Å². The van der Waals surface area contributed by atoms with Gasteiger partial charge in [0.15, 0.2) is 0 Å². The number of hydrogen-bond donors (Lipinski definition) is 1. The molecular weight excluding hydrogens is 194 g/mol. The summed E-state index contributed by atoms with van der Waals surface area (Å²) in [5, 5.41) is 7.00. The van der Waals surface area contributed by atoms with Crippen molar-refractivity contribution in [1.82, 2.24) is 15.2 Å². The average molecular weight is 198 g/mol. The molecule has 2 rings (SSSR count). The summed E-state index contributed by atoms with van der Waals surface area (Å²) < 4.78 is 4.90. The molecule has 2 aromatic heterocycles. The number of nitrogens with one attached hydrogen (secondary N) is 1. The Morgan fingerprint density at radius 3 is 2.85 bits per heavy atom. The van der Waals surface area contributed by atoms with Gasteiger partial charge in [-0.1, -0.05) is 11.2 Å².